The lowest BCUT2D eigenvalue weighted by Gasteiger charge is -2.20. The molecule has 0 rings (SSSR count). The molecule has 0 aromatic carbocycles. The number of hydrogen-bond acceptors (Lipinski definition) is 6. The van der Waals surface area contributed by atoms with Gasteiger partial charge in [-0.1, -0.05) is 0 Å². The van der Waals surface area contributed by atoms with Crippen molar-refractivity contribution in [3.63, 3.8) is 0 Å². The first-order valence-electron chi connectivity index (χ1n) is 7.27. The van der Waals surface area contributed by atoms with E-state index in [1.165, 1.54) is 0 Å². The molecule has 0 aliphatic heterocycles. The van der Waals surface area contributed by atoms with Gasteiger partial charge in [-0.15, -0.1) is 0 Å². The van der Waals surface area contributed by atoms with Crippen LogP contribution in [0, 0.1) is 0 Å². The van der Waals surface area contributed by atoms with Crippen LogP contribution in [0.5, 0.6) is 0 Å². The number of carbonyl (C=O) groups is 1. The molecule has 1 amide bonds. The molecule has 9 nitrogen and oxygen atoms in total. The van der Waals surface area contributed by atoms with Crippen LogP contribution in [0.4, 0.5) is 0 Å². The number of rotatable bonds is 12. The molecule has 0 unspecified atom stereocenters. The Morgan fingerprint density at radius 2 is 1.86 bits per heavy atom. The molecular formula is C12H28N5O4P. The first-order chi connectivity index (χ1) is 10.4. The molecule has 0 radical (unpaired) electrons. The van der Waals surface area contributed by atoms with Crippen LogP contribution in [0.15, 0.2) is 4.99 Å². The van der Waals surface area contributed by atoms with Gasteiger partial charge in [0.2, 0.25) is 5.91 Å². The van der Waals surface area contributed by atoms with Gasteiger partial charge in [-0.3, -0.25) is 14.4 Å². The van der Waals surface area contributed by atoms with Crippen LogP contribution >= 0.6 is 7.60 Å². The molecule has 6 N–H and O–H groups in total. The fourth-order valence-electron chi connectivity index (χ4n) is 1.73. The predicted molar refractivity (Wildman–Crippen MR) is 86.6 cm³/mol. The molecule has 0 aromatic heterocycles. The first kappa shape index (κ1) is 20.9. The summed E-state index contributed by atoms with van der Waals surface area (Å²) < 4.78 is 22.5. The minimum atomic E-state index is -3.28. The van der Waals surface area contributed by atoms with Crippen LogP contribution < -0.4 is 22.1 Å². The van der Waals surface area contributed by atoms with E-state index in [2.05, 4.69) is 15.6 Å². The fourth-order valence-corrected chi connectivity index (χ4v) is 3.12. The van der Waals surface area contributed by atoms with Gasteiger partial charge in [0.05, 0.1) is 19.3 Å². The number of nitrogens with two attached hydrogens (primary N) is 2. The highest BCUT2D eigenvalue weighted by atomic mass is 31.2. The van der Waals surface area contributed by atoms with E-state index in [1.807, 2.05) is 0 Å². The van der Waals surface area contributed by atoms with Crippen LogP contribution in [0.2, 0.25) is 0 Å². The van der Waals surface area contributed by atoms with Gasteiger partial charge < -0.3 is 31.1 Å². The van der Waals surface area contributed by atoms with Crippen molar-refractivity contribution >= 4 is 19.5 Å². The average molecular weight is 337 g/mol. The van der Waals surface area contributed by atoms with Crippen LogP contribution in [0.3, 0.4) is 0 Å². The Bertz CT molecular complexity index is 391. The average Bonchev–Trinajstić information content (AvgIpc) is 2.45. The Hall–Kier alpha value is -1.15. The molecule has 0 saturated carbocycles. The molecule has 22 heavy (non-hydrogen) atoms. The number of nitrogens with one attached hydrogen (secondary N) is 2. The Morgan fingerprint density at radius 3 is 2.32 bits per heavy atom. The van der Waals surface area contributed by atoms with E-state index in [1.54, 1.807) is 20.9 Å². The number of carbonyl (C=O) groups excluding carboxylic acids is 1. The van der Waals surface area contributed by atoms with Crippen LogP contribution in [0.25, 0.3) is 0 Å². The van der Waals surface area contributed by atoms with Crippen LogP contribution in [-0.2, 0) is 18.4 Å². The van der Waals surface area contributed by atoms with Crippen molar-refractivity contribution in [2.75, 3.05) is 33.1 Å². The van der Waals surface area contributed by atoms with Crippen LogP contribution in [0.1, 0.15) is 26.7 Å². The molecule has 0 bridgehead atoms. The van der Waals surface area contributed by atoms with E-state index in [4.69, 9.17) is 20.5 Å². The molecule has 0 aliphatic rings. The lowest BCUT2D eigenvalue weighted by Crippen LogP contribution is -2.43. The highest BCUT2D eigenvalue weighted by molar-refractivity contribution is 7.53. The third-order valence-corrected chi connectivity index (χ3v) is 4.56. The molecule has 0 heterocycles. The number of guanidine groups is 1. The van der Waals surface area contributed by atoms with E-state index in [9.17, 15) is 9.36 Å². The summed E-state index contributed by atoms with van der Waals surface area (Å²) in [4.78, 5) is 15.9. The Kier molecular flexibility index (Phi) is 10.8. The van der Waals surface area contributed by atoms with Crippen molar-refractivity contribution in [3.8, 4) is 0 Å². The third kappa shape index (κ3) is 8.99. The molecule has 0 aliphatic carbocycles. The van der Waals surface area contributed by atoms with Gasteiger partial charge in [-0.25, -0.2) is 0 Å². The van der Waals surface area contributed by atoms with Crippen molar-refractivity contribution < 1.29 is 18.4 Å². The van der Waals surface area contributed by atoms with Crippen molar-refractivity contribution in [3.05, 3.63) is 0 Å². The Labute approximate surface area is 131 Å². The maximum Gasteiger partial charge on any atom is 0.349 e. The molecule has 130 valence electrons. The molecule has 0 aromatic rings. The van der Waals surface area contributed by atoms with Crippen molar-refractivity contribution in [1.29, 1.82) is 0 Å². The zero-order valence-electron chi connectivity index (χ0n) is 13.5. The summed E-state index contributed by atoms with van der Waals surface area (Å²) in [5.41, 5.74) is 10.5. The summed E-state index contributed by atoms with van der Waals surface area (Å²) in [5, 5.41) is 5.49. The van der Waals surface area contributed by atoms with E-state index < -0.39 is 13.6 Å². The number of hydrogen-bond donors (Lipinski definition) is 4. The summed E-state index contributed by atoms with van der Waals surface area (Å²) in [6.07, 6.45) is 1.04. The van der Waals surface area contributed by atoms with Gasteiger partial charge >= 0.3 is 7.60 Å². The van der Waals surface area contributed by atoms with Gasteiger partial charge in [-0.2, -0.15) is 0 Å². The highest BCUT2D eigenvalue weighted by Gasteiger charge is 2.26. The second kappa shape index (κ2) is 11.4. The summed E-state index contributed by atoms with van der Waals surface area (Å²) in [6.45, 7) is 4.38. The standard InChI is InChI=1S/C12H28N5O4P/c1-4-20-22(19,21-5-2)9-17-11(18)10(15-3)7-6-8-16-12(13)14/h10,15H,4-9H2,1-3H3,(H,17,18)(H4,13,14,16)/t10-/m0/s1. The number of amides is 1. The maximum atomic E-state index is 12.2. The Morgan fingerprint density at radius 1 is 1.27 bits per heavy atom. The van der Waals surface area contributed by atoms with Crippen molar-refractivity contribution in [2.45, 2.75) is 32.7 Å². The quantitative estimate of drug-likeness (QED) is 0.169. The minimum Gasteiger partial charge on any atom is -0.370 e. The van der Waals surface area contributed by atoms with E-state index in [0.29, 0.717) is 19.4 Å². The highest BCUT2D eigenvalue weighted by Crippen LogP contribution is 2.46. The topological polar surface area (TPSA) is 141 Å². The number of likely N-dealkylation sites (N-methyl/N-ethyl adjacent to an activating group) is 1. The summed E-state index contributed by atoms with van der Waals surface area (Å²) in [6, 6.07) is -0.425. The van der Waals surface area contributed by atoms with Gasteiger partial charge in [0.25, 0.3) is 0 Å². The molecule has 1 atom stereocenters. The Balaban J connectivity index is 4.34. The maximum absolute atomic E-state index is 12.2. The minimum absolute atomic E-state index is 0.0276. The third-order valence-electron chi connectivity index (χ3n) is 2.71. The molecule has 10 heteroatoms. The van der Waals surface area contributed by atoms with Gasteiger partial charge in [0.15, 0.2) is 5.96 Å². The first-order valence-corrected chi connectivity index (χ1v) is 8.99. The largest absolute Gasteiger partial charge is 0.370 e. The number of nitrogens with zero attached hydrogens (tertiary/aromatic N) is 1. The normalized spacial score (nSPS) is 12.7. The van der Waals surface area contributed by atoms with Crippen LogP contribution in [-0.4, -0.2) is 51.0 Å². The molecular weight excluding hydrogens is 309 g/mol. The zero-order chi connectivity index (χ0) is 17.0. The summed E-state index contributed by atoms with van der Waals surface area (Å²) in [5.74, 6) is -0.244. The summed E-state index contributed by atoms with van der Waals surface area (Å²) in [7, 11) is -1.61. The number of aliphatic imine (C=N–C) groups is 1. The monoisotopic (exact) mass is 337 g/mol. The molecule has 0 saturated heterocycles. The molecule has 0 fully saturated rings. The van der Waals surface area contributed by atoms with E-state index in [0.717, 1.165) is 0 Å². The summed E-state index contributed by atoms with van der Waals surface area (Å²) >= 11 is 0. The smallest absolute Gasteiger partial charge is 0.349 e. The lowest BCUT2D eigenvalue weighted by molar-refractivity contribution is -0.123. The van der Waals surface area contributed by atoms with Crippen molar-refractivity contribution in [1.82, 2.24) is 10.6 Å². The predicted octanol–water partition coefficient (Wildman–Crippen LogP) is -0.0322. The van der Waals surface area contributed by atoms with E-state index in [-0.39, 0.29) is 31.4 Å². The van der Waals surface area contributed by atoms with Gasteiger partial charge in [-0.05, 0) is 33.7 Å². The van der Waals surface area contributed by atoms with Gasteiger partial charge in [0, 0.05) is 6.54 Å². The second-order valence-electron chi connectivity index (χ2n) is 4.44. The molecule has 0 spiro atoms. The fraction of sp³-hybridized carbons (Fsp3) is 0.833. The second-order valence-corrected chi connectivity index (χ2v) is 6.49. The van der Waals surface area contributed by atoms with Gasteiger partial charge in [0.1, 0.15) is 6.29 Å². The lowest BCUT2D eigenvalue weighted by atomic mass is 10.1. The van der Waals surface area contributed by atoms with E-state index >= 15 is 0 Å². The zero-order valence-corrected chi connectivity index (χ0v) is 14.4. The SMILES string of the molecule is CCOP(=O)(CNC(=O)[C@H](CCCN=C(N)N)NC)OCC. The van der Waals surface area contributed by atoms with Crippen molar-refractivity contribution in [2.24, 2.45) is 16.5 Å².